The third-order valence-electron chi connectivity index (χ3n) is 6.80. The Hall–Kier alpha value is -3.46. The Morgan fingerprint density at radius 2 is 1.65 bits per heavy atom. The molecule has 3 aliphatic rings. The van der Waals surface area contributed by atoms with Gasteiger partial charge in [-0.3, -0.25) is 14.4 Å². The van der Waals surface area contributed by atoms with Crippen LogP contribution in [-0.4, -0.2) is 83.9 Å². The van der Waals surface area contributed by atoms with E-state index in [1.165, 1.54) is 12.1 Å². The standard InChI is InChI=1S/C25H26FN3O5/c1-33-19-8-4-17(5-9-19)23(30)27-10-11-28-22(14-27)25(32)29-13-20(12-21(29)24(28)31)34-15-16-2-6-18(26)7-3-16/h2-9,20-22H,10-15H2,1H3. The third-order valence-corrected chi connectivity index (χ3v) is 6.80. The maximum atomic E-state index is 13.3. The minimum atomic E-state index is -0.685. The van der Waals surface area contributed by atoms with Crippen molar-refractivity contribution >= 4 is 17.7 Å². The Balaban J connectivity index is 1.24. The molecular formula is C25H26FN3O5. The van der Waals surface area contributed by atoms with Gasteiger partial charge in [-0.1, -0.05) is 12.1 Å². The van der Waals surface area contributed by atoms with E-state index in [9.17, 15) is 18.8 Å². The first-order valence-corrected chi connectivity index (χ1v) is 11.3. The first kappa shape index (κ1) is 22.3. The van der Waals surface area contributed by atoms with Crippen LogP contribution < -0.4 is 4.74 Å². The monoisotopic (exact) mass is 467 g/mol. The number of nitrogens with zero attached hydrogens (tertiary/aromatic N) is 3. The molecule has 2 aromatic carbocycles. The van der Waals surface area contributed by atoms with Gasteiger partial charge in [0.15, 0.2) is 0 Å². The van der Waals surface area contributed by atoms with Gasteiger partial charge in [-0.15, -0.1) is 0 Å². The highest BCUT2D eigenvalue weighted by molar-refractivity contribution is 5.99. The van der Waals surface area contributed by atoms with Crippen LogP contribution in [0.1, 0.15) is 22.3 Å². The molecule has 5 rings (SSSR count). The normalized spacial score (nSPS) is 24.2. The summed E-state index contributed by atoms with van der Waals surface area (Å²) in [5, 5.41) is 0. The molecule has 34 heavy (non-hydrogen) atoms. The van der Waals surface area contributed by atoms with Crippen molar-refractivity contribution in [1.29, 1.82) is 0 Å². The van der Waals surface area contributed by atoms with Gasteiger partial charge < -0.3 is 24.2 Å². The van der Waals surface area contributed by atoms with E-state index >= 15 is 0 Å². The number of rotatable bonds is 5. The summed E-state index contributed by atoms with van der Waals surface area (Å²) in [6.07, 6.45) is 0.157. The largest absolute Gasteiger partial charge is 0.497 e. The van der Waals surface area contributed by atoms with Gasteiger partial charge in [-0.25, -0.2) is 4.39 Å². The number of carbonyl (C=O) groups excluding carboxylic acids is 3. The highest BCUT2D eigenvalue weighted by Crippen LogP contribution is 2.31. The molecule has 0 radical (unpaired) electrons. The zero-order valence-electron chi connectivity index (χ0n) is 18.9. The third kappa shape index (κ3) is 4.11. The van der Waals surface area contributed by atoms with E-state index < -0.39 is 12.1 Å². The second-order valence-corrected chi connectivity index (χ2v) is 8.83. The number of piperazine rings is 2. The lowest BCUT2D eigenvalue weighted by Gasteiger charge is -2.47. The van der Waals surface area contributed by atoms with Crippen LogP contribution in [0.3, 0.4) is 0 Å². The van der Waals surface area contributed by atoms with Gasteiger partial charge in [-0.2, -0.15) is 0 Å². The minimum absolute atomic E-state index is 0.0889. The second-order valence-electron chi connectivity index (χ2n) is 8.83. The van der Waals surface area contributed by atoms with Crippen LogP contribution in [0.4, 0.5) is 4.39 Å². The van der Waals surface area contributed by atoms with Crippen molar-refractivity contribution in [3.8, 4) is 5.75 Å². The van der Waals surface area contributed by atoms with E-state index in [0.29, 0.717) is 37.4 Å². The fourth-order valence-corrected chi connectivity index (χ4v) is 4.93. The summed E-state index contributed by atoms with van der Waals surface area (Å²) in [5.41, 5.74) is 1.34. The van der Waals surface area contributed by atoms with Crippen molar-refractivity contribution in [2.75, 3.05) is 33.3 Å². The van der Waals surface area contributed by atoms with Crippen molar-refractivity contribution < 1.29 is 28.2 Å². The molecule has 3 saturated heterocycles. The number of ether oxygens (including phenoxy) is 2. The summed E-state index contributed by atoms with van der Waals surface area (Å²) >= 11 is 0. The van der Waals surface area contributed by atoms with Crippen molar-refractivity contribution in [3.05, 3.63) is 65.5 Å². The molecule has 0 N–H and O–H groups in total. The Morgan fingerprint density at radius 1 is 0.941 bits per heavy atom. The zero-order valence-corrected chi connectivity index (χ0v) is 18.9. The highest BCUT2D eigenvalue weighted by Gasteiger charge is 2.52. The van der Waals surface area contributed by atoms with Crippen molar-refractivity contribution in [2.24, 2.45) is 0 Å². The number of carbonyl (C=O) groups is 3. The van der Waals surface area contributed by atoms with Crippen molar-refractivity contribution in [1.82, 2.24) is 14.7 Å². The topological polar surface area (TPSA) is 79.4 Å². The number of benzene rings is 2. The van der Waals surface area contributed by atoms with Crippen LogP contribution in [0.5, 0.6) is 5.75 Å². The summed E-state index contributed by atoms with van der Waals surface area (Å²) in [7, 11) is 1.56. The summed E-state index contributed by atoms with van der Waals surface area (Å²) in [4.78, 5) is 44.3. The molecule has 3 heterocycles. The van der Waals surface area contributed by atoms with Gasteiger partial charge in [0, 0.05) is 31.6 Å². The Labute approximate surface area is 196 Å². The van der Waals surface area contributed by atoms with E-state index in [2.05, 4.69) is 0 Å². The quantitative estimate of drug-likeness (QED) is 0.669. The van der Waals surface area contributed by atoms with Gasteiger partial charge >= 0.3 is 0 Å². The molecule has 9 heteroatoms. The highest BCUT2D eigenvalue weighted by atomic mass is 19.1. The summed E-state index contributed by atoms with van der Waals surface area (Å²) < 4.78 is 24.2. The van der Waals surface area contributed by atoms with Crippen LogP contribution in [0, 0.1) is 5.82 Å². The molecule has 3 fully saturated rings. The smallest absolute Gasteiger partial charge is 0.254 e. The molecule has 3 atom stereocenters. The van der Waals surface area contributed by atoms with Crippen molar-refractivity contribution in [2.45, 2.75) is 31.2 Å². The number of fused-ring (bicyclic) bond motifs is 2. The Kier molecular flexibility index (Phi) is 5.95. The lowest BCUT2D eigenvalue weighted by molar-refractivity contribution is -0.162. The molecule has 0 aromatic heterocycles. The lowest BCUT2D eigenvalue weighted by atomic mass is 10.0. The fraction of sp³-hybridized carbons (Fsp3) is 0.400. The lowest BCUT2D eigenvalue weighted by Crippen LogP contribution is -2.69. The van der Waals surface area contributed by atoms with Gasteiger partial charge in [0.25, 0.3) is 5.91 Å². The van der Waals surface area contributed by atoms with E-state index in [1.807, 2.05) is 0 Å². The Morgan fingerprint density at radius 3 is 2.35 bits per heavy atom. The summed E-state index contributed by atoms with van der Waals surface area (Å²) in [5.74, 6) is -0.0647. The van der Waals surface area contributed by atoms with E-state index in [4.69, 9.17) is 9.47 Å². The van der Waals surface area contributed by atoms with Gasteiger partial charge in [0.05, 0.1) is 26.4 Å². The molecule has 3 aliphatic heterocycles. The molecule has 2 aromatic rings. The molecule has 0 saturated carbocycles. The van der Waals surface area contributed by atoms with Crippen molar-refractivity contribution in [3.63, 3.8) is 0 Å². The summed E-state index contributed by atoms with van der Waals surface area (Å²) in [6, 6.07) is 11.7. The van der Waals surface area contributed by atoms with Crippen LogP contribution in [0.15, 0.2) is 48.5 Å². The van der Waals surface area contributed by atoms with Crippen LogP contribution in [0.25, 0.3) is 0 Å². The average Bonchev–Trinajstić information content (AvgIpc) is 3.31. The zero-order chi connectivity index (χ0) is 23.8. The molecular weight excluding hydrogens is 441 g/mol. The minimum Gasteiger partial charge on any atom is -0.497 e. The van der Waals surface area contributed by atoms with Gasteiger partial charge in [-0.05, 0) is 42.0 Å². The van der Waals surface area contributed by atoms with Gasteiger partial charge in [0.1, 0.15) is 23.7 Å². The average molecular weight is 467 g/mol. The number of halogens is 1. The number of hydrogen-bond donors (Lipinski definition) is 0. The predicted octanol–water partition coefficient (Wildman–Crippen LogP) is 1.69. The second kappa shape index (κ2) is 9.06. The van der Waals surface area contributed by atoms with E-state index in [1.54, 1.807) is 58.2 Å². The maximum absolute atomic E-state index is 13.3. The number of amides is 3. The molecule has 3 unspecified atom stereocenters. The molecule has 0 aliphatic carbocycles. The molecule has 178 valence electrons. The van der Waals surface area contributed by atoms with Crippen LogP contribution in [-0.2, 0) is 20.9 Å². The first-order chi connectivity index (χ1) is 16.4. The SMILES string of the molecule is COc1ccc(C(=O)N2CCN3C(=O)C4CC(OCc5ccc(F)cc5)CN4C(=O)C3C2)cc1. The van der Waals surface area contributed by atoms with Crippen LogP contribution >= 0.6 is 0 Å². The molecule has 0 spiro atoms. The van der Waals surface area contributed by atoms with Crippen LogP contribution in [0.2, 0.25) is 0 Å². The Bertz CT molecular complexity index is 1090. The number of hydrogen-bond acceptors (Lipinski definition) is 5. The number of methoxy groups -OCH3 is 1. The van der Waals surface area contributed by atoms with E-state index in [-0.39, 0.29) is 42.8 Å². The predicted molar refractivity (Wildman–Crippen MR) is 119 cm³/mol. The molecule has 0 bridgehead atoms. The summed E-state index contributed by atoms with van der Waals surface area (Å²) in [6.45, 7) is 1.47. The first-order valence-electron chi connectivity index (χ1n) is 11.3. The molecule has 3 amide bonds. The maximum Gasteiger partial charge on any atom is 0.254 e. The van der Waals surface area contributed by atoms with E-state index in [0.717, 1.165) is 5.56 Å². The molecule has 8 nitrogen and oxygen atoms in total. The van der Waals surface area contributed by atoms with Gasteiger partial charge in [0.2, 0.25) is 11.8 Å². The fourth-order valence-electron chi connectivity index (χ4n) is 4.93.